The van der Waals surface area contributed by atoms with Gasteiger partial charge in [-0.15, -0.1) is 0 Å². The van der Waals surface area contributed by atoms with Crippen molar-refractivity contribution in [3.63, 3.8) is 0 Å². The molecule has 3 rings (SSSR count). The van der Waals surface area contributed by atoms with E-state index in [-0.39, 0.29) is 0 Å². The van der Waals surface area contributed by atoms with Gasteiger partial charge in [-0.2, -0.15) is 5.10 Å². The van der Waals surface area contributed by atoms with E-state index >= 15 is 0 Å². The van der Waals surface area contributed by atoms with Crippen LogP contribution in [0.15, 0.2) is 30.3 Å². The molecule has 2 aromatic rings. The third-order valence-corrected chi connectivity index (χ3v) is 3.04. The number of hydrogen-bond acceptors (Lipinski definition) is 3. The van der Waals surface area contributed by atoms with Crippen LogP contribution in [0.2, 0.25) is 0 Å². The Morgan fingerprint density at radius 1 is 1.35 bits per heavy atom. The Bertz CT molecular complexity index is 510. The van der Waals surface area contributed by atoms with Gasteiger partial charge in [0.25, 0.3) is 0 Å². The van der Waals surface area contributed by atoms with Crippen LogP contribution < -0.4 is 10.1 Å². The zero-order chi connectivity index (χ0) is 11.7. The summed E-state index contributed by atoms with van der Waals surface area (Å²) in [5, 5.41) is 7.96. The van der Waals surface area contributed by atoms with Crippen molar-refractivity contribution in [2.45, 2.75) is 13.1 Å². The number of fused-ring (bicyclic) bond motifs is 1. The molecule has 0 saturated carbocycles. The molecule has 0 radical (unpaired) electrons. The number of rotatable bonds is 2. The van der Waals surface area contributed by atoms with Gasteiger partial charge in [-0.05, 0) is 18.2 Å². The lowest BCUT2D eigenvalue weighted by Gasteiger charge is -2.13. The summed E-state index contributed by atoms with van der Waals surface area (Å²) in [5.41, 5.74) is 3.36. The van der Waals surface area contributed by atoms with Crippen LogP contribution in [0.25, 0.3) is 11.3 Å². The van der Waals surface area contributed by atoms with E-state index in [0.717, 1.165) is 36.6 Å². The van der Waals surface area contributed by atoms with Crippen molar-refractivity contribution >= 4 is 0 Å². The molecule has 2 heterocycles. The second kappa shape index (κ2) is 4.22. The maximum atomic E-state index is 5.23. The Balaban J connectivity index is 2.00. The van der Waals surface area contributed by atoms with Gasteiger partial charge in [0, 0.05) is 18.7 Å². The number of ether oxygens (including phenoxy) is 1. The molecular weight excluding hydrogens is 214 g/mol. The molecule has 17 heavy (non-hydrogen) atoms. The van der Waals surface area contributed by atoms with Crippen LogP contribution in [-0.4, -0.2) is 23.4 Å². The van der Waals surface area contributed by atoms with Gasteiger partial charge >= 0.3 is 0 Å². The standard InChI is InChI=1S/C13H15N3O/c1-17-12-4-2-3-10(7-12)13-8-11-9-14-5-6-16(11)15-13/h2-4,7-8,14H,5-6,9H2,1H3. The molecule has 0 atom stereocenters. The van der Waals surface area contributed by atoms with Crippen LogP contribution in [0.1, 0.15) is 5.69 Å². The summed E-state index contributed by atoms with van der Waals surface area (Å²) in [7, 11) is 1.68. The number of hydrogen-bond donors (Lipinski definition) is 1. The zero-order valence-corrected chi connectivity index (χ0v) is 9.81. The molecular formula is C13H15N3O. The van der Waals surface area contributed by atoms with Crippen LogP contribution >= 0.6 is 0 Å². The van der Waals surface area contributed by atoms with Gasteiger partial charge < -0.3 is 10.1 Å². The molecule has 4 nitrogen and oxygen atoms in total. The number of nitrogens with zero attached hydrogens (tertiary/aromatic N) is 2. The molecule has 4 heteroatoms. The lowest BCUT2D eigenvalue weighted by Crippen LogP contribution is -2.28. The molecule has 0 unspecified atom stereocenters. The van der Waals surface area contributed by atoms with Gasteiger partial charge in [0.2, 0.25) is 0 Å². The van der Waals surface area contributed by atoms with E-state index in [1.165, 1.54) is 5.69 Å². The van der Waals surface area contributed by atoms with Gasteiger partial charge in [0.15, 0.2) is 0 Å². The van der Waals surface area contributed by atoms with Crippen molar-refractivity contribution in [2.75, 3.05) is 13.7 Å². The lowest BCUT2D eigenvalue weighted by molar-refractivity contribution is 0.415. The Morgan fingerprint density at radius 2 is 2.29 bits per heavy atom. The van der Waals surface area contributed by atoms with E-state index in [4.69, 9.17) is 4.74 Å². The number of aromatic nitrogens is 2. The first-order valence-electron chi connectivity index (χ1n) is 5.79. The smallest absolute Gasteiger partial charge is 0.119 e. The van der Waals surface area contributed by atoms with Gasteiger partial charge in [-0.25, -0.2) is 0 Å². The van der Waals surface area contributed by atoms with Crippen molar-refractivity contribution in [2.24, 2.45) is 0 Å². The molecule has 0 saturated heterocycles. The largest absolute Gasteiger partial charge is 0.497 e. The highest BCUT2D eigenvalue weighted by molar-refractivity contribution is 5.61. The summed E-state index contributed by atoms with van der Waals surface area (Å²) < 4.78 is 7.31. The van der Waals surface area contributed by atoms with Gasteiger partial charge in [-0.3, -0.25) is 4.68 Å². The van der Waals surface area contributed by atoms with Gasteiger partial charge in [0.1, 0.15) is 5.75 Å². The summed E-state index contributed by atoms with van der Waals surface area (Å²) >= 11 is 0. The van der Waals surface area contributed by atoms with Crippen LogP contribution in [0.4, 0.5) is 0 Å². The molecule has 1 N–H and O–H groups in total. The molecule has 88 valence electrons. The summed E-state index contributed by atoms with van der Waals surface area (Å²) in [6.07, 6.45) is 0. The second-order valence-electron chi connectivity index (χ2n) is 4.15. The molecule has 0 amide bonds. The predicted molar refractivity (Wildman–Crippen MR) is 65.9 cm³/mol. The molecule has 0 bridgehead atoms. The van der Waals surface area contributed by atoms with Crippen molar-refractivity contribution in [3.8, 4) is 17.0 Å². The molecule has 1 aromatic heterocycles. The van der Waals surface area contributed by atoms with Crippen molar-refractivity contribution in [1.82, 2.24) is 15.1 Å². The van der Waals surface area contributed by atoms with E-state index in [0.29, 0.717) is 0 Å². The average Bonchev–Trinajstić information content (AvgIpc) is 2.82. The van der Waals surface area contributed by atoms with E-state index in [1.54, 1.807) is 7.11 Å². The molecule has 1 aliphatic heterocycles. The Labute approximate surface area is 100 Å². The summed E-state index contributed by atoms with van der Waals surface area (Å²) in [5.74, 6) is 0.867. The number of methoxy groups -OCH3 is 1. The second-order valence-corrected chi connectivity index (χ2v) is 4.15. The molecule has 1 aromatic carbocycles. The molecule has 1 aliphatic rings. The fourth-order valence-electron chi connectivity index (χ4n) is 2.12. The third kappa shape index (κ3) is 1.91. The van der Waals surface area contributed by atoms with E-state index in [9.17, 15) is 0 Å². The lowest BCUT2D eigenvalue weighted by atomic mass is 10.1. The van der Waals surface area contributed by atoms with Crippen molar-refractivity contribution < 1.29 is 4.74 Å². The maximum absolute atomic E-state index is 5.23. The zero-order valence-electron chi connectivity index (χ0n) is 9.81. The van der Waals surface area contributed by atoms with Crippen LogP contribution in [0.3, 0.4) is 0 Å². The average molecular weight is 229 g/mol. The third-order valence-electron chi connectivity index (χ3n) is 3.04. The van der Waals surface area contributed by atoms with E-state index < -0.39 is 0 Å². The predicted octanol–water partition coefficient (Wildman–Crippen LogP) is 1.66. The van der Waals surface area contributed by atoms with Crippen molar-refractivity contribution in [1.29, 1.82) is 0 Å². The minimum atomic E-state index is 0.867. The minimum Gasteiger partial charge on any atom is -0.497 e. The van der Waals surface area contributed by atoms with Gasteiger partial charge in [-0.1, -0.05) is 12.1 Å². The van der Waals surface area contributed by atoms with Crippen molar-refractivity contribution in [3.05, 3.63) is 36.0 Å². The Morgan fingerprint density at radius 3 is 3.12 bits per heavy atom. The normalized spacial score (nSPS) is 14.4. The summed E-state index contributed by atoms with van der Waals surface area (Å²) in [6.45, 7) is 2.84. The summed E-state index contributed by atoms with van der Waals surface area (Å²) in [6, 6.07) is 10.2. The fraction of sp³-hybridized carbons (Fsp3) is 0.308. The van der Waals surface area contributed by atoms with E-state index in [2.05, 4.69) is 27.2 Å². The first-order valence-corrected chi connectivity index (χ1v) is 5.79. The highest BCUT2D eigenvalue weighted by Crippen LogP contribution is 2.24. The van der Waals surface area contributed by atoms with Crippen LogP contribution in [0, 0.1) is 0 Å². The van der Waals surface area contributed by atoms with Crippen LogP contribution in [-0.2, 0) is 13.1 Å². The quantitative estimate of drug-likeness (QED) is 0.851. The van der Waals surface area contributed by atoms with E-state index in [1.807, 2.05) is 18.2 Å². The topological polar surface area (TPSA) is 39.1 Å². The van der Waals surface area contributed by atoms with Gasteiger partial charge in [0.05, 0.1) is 25.0 Å². The first kappa shape index (κ1) is 10.4. The molecule has 0 fully saturated rings. The highest BCUT2D eigenvalue weighted by Gasteiger charge is 2.12. The summed E-state index contributed by atoms with van der Waals surface area (Å²) in [4.78, 5) is 0. The Hall–Kier alpha value is -1.81. The first-order chi connectivity index (χ1) is 8.36. The highest BCUT2D eigenvalue weighted by atomic mass is 16.5. The number of nitrogens with one attached hydrogen (secondary N) is 1. The minimum absolute atomic E-state index is 0.867. The number of benzene rings is 1. The Kier molecular flexibility index (Phi) is 2.57. The SMILES string of the molecule is COc1cccc(-c2cc3n(n2)CCNC3)c1. The molecule has 0 spiro atoms. The van der Waals surface area contributed by atoms with Crippen LogP contribution in [0.5, 0.6) is 5.75 Å². The molecule has 0 aliphatic carbocycles. The fourth-order valence-corrected chi connectivity index (χ4v) is 2.12. The monoisotopic (exact) mass is 229 g/mol. The maximum Gasteiger partial charge on any atom is 0.119 e.